The highest BCUT2D eigenvalue weighted by Crippen LogP contribution is 2.42. The molecular formula is C11H19NO4. The molecule has 5 heteroatoms. The van der Waals surface area contributed by atoms with E-state index in [-0.39, 0.29) is 24.3 Å². The van der Waals surface area contributed by atoms with Gasteiger partial charge in [-0.2, -0.15) is 0 Å². The van der Waals surface area contributed by atoms with E-state index in [2.05, 4.69) is 0 Å². The molecule has 1 amide bonds. The quantitative estimate of drug-likeness (QED) is 0.729. The van der Waals surface area contributed by atoms with Gasteiger partial charge in [0.05, 0.1) is 18.4 Å². The molecule has 16 heavy (non-hydrogen) atoms. The summed E-state index contributed by atoms with van der Waals surface area (Å²) in [6.45, 7) is 0.697. The van der Waals surface area contributed by atoms with Crippen LogP contribution in [0.1, 0.15) is 25.7 Å². The van der Waals surface area contributed by atoms with E-state index in [1.54, 1.807) is 14.2 Å². The molecule has 1 aliphatic carbocycles. The summed E-state index contributed by atoms with van der Waals surface area (Å²) >= 11 is 0. The predicted molar refractivity (Wildman–Crippen MR) is 58.0 cm³/mol. The van der Waals surface area contributed by atoms with Crippen molar-refractivity contribution in [3.05, 3.63) is 0 Å². The molecule has 0 spiro atoms. The Hall–Kier alpha value is -1.10. The van der Waals surface area contributed by atoms with E-state index < -0.39 is 5.97 Å². The van der Waals surface area contributed by atoms with Crippen LogP contribution in [0.3, 0.4) is 0 Å². The summed E-state index contributed by atoms with van der Waals surface area (Å²) in [4.78, 5) is 24.0. The fraction of sp³-hybridized carbons (Fsp3) is 0.818. The third-order valence-electron chi connectivity index (χ3n) is 3.19. The van der Waals surface area contributed by atoms with Crippen LogP contribution in [0.2, 0.25) is 0 Å². The van der Waals surface area contributed by atoms with E-state index in [0.29, 0.717) is 6.61 Å². The fourth-order valence-corrected chi connectivity index (χ4v) is 2.07. The van der Waals surface area contributed by atoms with Gasteiger partial charge in [0.1, 0.15) is 0 Å². The summed E-state index contributed by atoms with van der Waals surface area (Å²) in [6, 6.07) is 0. The maximum absolute atomic E-state index is 12.1. The van der Waals surface area contributed by atoms with Crippen molar-refractivity contribution in [2.45, 2.75) is 25.7 Å². The average molecular weight is 229 g/mol. The summed E-state index contributed by atoms with van der Waals surface area (Å²) in [7, 11) is 3.24. The molecule has 0 aromatic rings. The van der Waals surface area contributed by atoms with Gasteiger partial charge in [0, 0.05) is 20.7 Å². The second kappa shape index (κ2) is 5.30. The number of nitrogens with zero attached hydrogens (tertiary/aromatic N) is 1. The predicted octanol–water partition coefficient (Wildman–Crippen LogP) is 0.736. The number of carboxylic acid groups (broad SMARTS) is 1. The number of carbonyl (C=O) groups is 2. The molecule has 5 nitrogen and oxygen atoms in total. The Bertz CT molecular complexity index is 273. The van der Waals surface area contributed by atoms with Crippen LogP contribution in [0.25, 0.3) is 0 Å². The summed E-state index contributed by atoms with van der Waals surface area (Å²) < 4.78 is 5.08. The van der Waals surface area contributed by atoms with Gasteiger partial charge in [0.2, 0.25) is 5.91 Å². The smallest absolute Gasteiger partial charge is 0.305 e. The molecule has 0 radical (unpaired) electrons. The minimum Gasteiger partial charge on any atom is -0.481 e. The molecule has 1 saturated carbocycles. The van der Waals surface area contributed by atoms with Crippen LogP contribution in [-0.2, 0) is 14.3 Å². The van der Waals surface area contributed by atoms with Gasteiger partial charge in [-0.15, -0.1) is 0 Å². The molecule has 92 valence electrons. The topological polar surface area (TPSA) is 66.8 Å². The van der Waals surface area contributed by atoms with E-state index in [0.717, 1.165) is 19.3 Å². The van der Waals surface area contributed by atoms with Crippen LogP contribution < -0.4 is 0 Å². The normalized spacial score (nSPS) is 17.6. The summed E-state index contributed by atoms with van der Waals surface area (Å²) in [5, 5.41) is 8.56. The molecule has 0 saturated heterocycles. The first-order chi connectivity index (χ1) is 7.52. The molecule has 0 aliphatic heterocycles. The zero-order chi connectivity index (χ0) is 12.2. The van der Waals surface area contributed by atoms with Crippen molar-refractivity contribution in [1.29, 1.82) is 0 Å². The molecule has 1 fully saturated rings. The van der Waals surface area contributed by atoms with Crippen molar-refractivity contribution in [1.82, 2.24) is 4.90 Å². The maximum Gasteiger partial charge on any atom is 0.305 e. The van der Waals surface area contributed by atoms with Gasteiger partial charge < -0.3 is 14.7 Å². The molecule has 0 aromatic carbocycles. The van der Waals surface area contributed by atoms with Gasteiger partial charge in [-0.05, 0) is 12.8 Å². The first kappa shape index (κ1) is 13.0. The first-order valence-electron chi connectivity index (χ1n) is 5.48. The lowest BCUT2D eigenvalue weighted by Gasteiger charge is -2.42. The number of carboxylic acids is 1. The fourth-order valence-electron chi connectivity index (χ4n) is 2.07. The second-order valence-corrected chi connectivity index (χ2v) is 4.44. The van der Waals surface area contributed by atoms with Crippen molar-refractivity contribution >= 4 is 11.9 Å². The lowest BCUT2D eigenvalue weighted by Crippen LogP contribution is -2.49. The van der Waals surface area contributed by atoms with Crippen LogP contribution in [-0.4, -0.2) is 49.2 Å². The lowest BCUT2D eigenvalue weighted by molar-refractivity contribution is -0.151. The zero-order valence-electron chi connectivity index (χ0n) is 9.86. The number of aliphatic carboxylic acids is 1. The Kier molecular flexibility index (Phi) is 4.29. The number of amides is 1. The number of carbonyl (C=O) groups excluding carboxylic acids is 1. The number of rotatable bonds is 6. The Morgan fingerprint density at radius 1 is 1.44 bits per heavy atom. The van der Waals surface area contributed by atoms with E-state index in [9.17, 15) is 9.59 Å². The van der Waals surface area contributed by atoms with Gasteiger partial charge in [-0.3, -0.25) is 9.59 Å². The highest BCUT2D eigenvalue weighted by atomic mass is 16.5. The number of methoxy groups -OCH3 is 1. The first-order valence-corrected chi connectivity index (χ1v) is 5.48. The van der Waals surface area contributed by atoms with Crippen molar-refractivity contribution in [2.75, 3.05) is 27.3 Å². The molecule has 0 aromatic heterocycles. The van der Waals surface area contributed by atoms with Gasteiger partial charge >= 0.3 is 5.97 Å². The SMILES string of the molecule is COCC1(C(=O)N(C)CCC(=O)O)CCC1. The highest BCUT2D eigenvalue weighted by molar-refractivity contribution is 5.84. The third-order valence-corrected chi connectivity index (χ3v) is 3.19. The Morgan fingerprint density at radius 3 is 2.44 bits per heavy atom. The zero-order valence-corrected chi connectivity index (χ0v) is 9.86. The Labute approximate surface area is 95.4 Å². The summed E-state index contributed by atoms with van der Waals surface area (Å²) in [5.74, 6) is -0.865. The van der Waals surface area contributed by atoms with Gasteiger partial charge in [0.25, 0.3) is 0 Å². The molecule has 0 bridgehead atoms. The average Bonchev–Trinajstić information content (AvgIpc) is 2.18. The lowest BCUT2D eigenvalue weighted by atomic mass is 9.68. The number of hydrogen-bond acceptors (Lipinski definition) is 3. The Morgan fingerprint density at radius 2 is 2.06 bits per heavy atom. The molecule has 1 aliphatic rings. The summed E-state index contributed by atoms with van der Waals surface area (Å²) in [6.07, 6.45) is 2.72. The molecular weight excluding hydrogens is 210 g/mol. The van der Waals surface area contributed by atoms with E-state index in [1.165, 1.54) is 4.90 Å². The number of hydrogen-bond donors (Lipinski definition) is 1. The van der Waals surface area contributed by atoms with Gasteiger partial charge in [-0.1, -0.05) is 6.42 Å². The molecule has 0 unspecified atom stereocenters. The minimum atomic E-state index is -0.881. The third kappa shape index (κ3) is 2.72. The largest absolute Gasteiger partial charge is 0.481 e. The van der Waals surface area contributed by atoms with Crippen molar-refractivity contribution in [2.24, 2.45) is 5.41 Å². The molecule has 1 rings (SSSR count). The van der Waals surface area contributed by atoms with E-state index >= 15 is 0 Å². The van der Waals surface area contributed by atoms with Crippen LogP contribution in [0.15, 0.2) is 0 Å². The minimum absolute atomic E-state index is 0.00863. The molecule has 0 atom stereocenters. The summed E-state index contributed by atoms with van der Waals surface area (Å²) in [5.41, 5.74) is -0.387. The van der Waals surface area contributed by atoms with Crippen molar-refractivity contribution in [3.8, 4) is 0 Å². The van der Waals surface area contributed by atoms with Crippen molar-refractivity contribution < 1.29 is 19.4 Å². The second-order valence-electron chi connectivity index (χ2n) is 4.44. The van der Waals surface area contributed by atoms with E-state index in [1.807, 2.05) is 0 Å². The van der Waals surface area contributed by atoms with Crippen LogP contribution in [0.5, 0.6) is 0 Å². The molecule has 1 N–H and O–H groups in total. The van der Waals surface area contributed by atoms with Gasteiger partial charge in [-0.25, -0.2) is 0 Å². The van der Waals surface area contributed by atoms with Crippen molar-refractivity contribution in [3.63, 3.8) is 0 Å². The molecule has 0 heterocycles. The monoisotopic (exact) mass is 229 g/mol. The van der Waals surface area contributed by atoms with E-state index in [4.69, 9.17) is 9.84 Å². The Balaban J connectivity index is 2.51. The standard InChI is InChI=1S/C11H19NO4/c1-12(7-4-9(13)14)10(15)11(8-16-2)5-3-6-11/h3-8H2,1-2H3,(H,13,14). The highest BCUT2D eigenvalue weighted by Gasteiger charge is 2.45. The van der Waals surface area contributed by atoms with Crippen LogP contribution in [0, 0.1) is 5.41 Å². The number of ether oxygens (including phenoxy) is 1. The maximum atomic E-state index is 12.1. The van der Waals surface area contributed by atoms with Crippen LogP contribution >= 0.6 is 0 Å². The van der Waals surface area contributed by atoms with Crippen LogP contribution in [0.4, 0.5) is 0 Å². The van der Waals surface area contributed by atoms with Gasteiger partial charge in [0.15, 0.2) is 0 Å².